The Bertz CT molecular complexity index is 543. The number of H-pyrrole nitrogens is 1. The maximum Gasteiger partial charge on any atom is 0.0535 e. The second-order valence-electron chi connectivity index (χ2n) is 5.27. The predicted molar refractivity (Wildman–Crippen MR) is 77.1 cm³/mol. The van der Waals surface area contributed by atoms with Crippen molar-refractivity contribution >= 4 is 11.6 Å². The summed E-state index contributed by atoms with van der Waals surface area (Å²) in [5.74, 6) is 0.758. The second-order valence-corrected chi connectivity index (χ2v) is 5.70. The van der Waals surface area contributed by atoms with Crippen LogP contribution in [0.15, 0.2) is 30.5 Å². The van der Waals surface area contributed by atoms with Gasteiger partial charge >= 0.3 is 0 Å². The summed E-state index contributed by atoms with van der Waals surface area (Å²) in [4.78, 5) is 0. The minimum Gasteiger partial charge on any atom is -0.305 e. The fraction of sp³-hybridized carbons (Fsp3) is 0.400. The van der Waals surface area contributed by atoms with Crippen LogP contribution in [-0.4, -0.2) is 10.2 Å². The molecule has 0 saturated heterocycles. The maximum atomic E-state index is 5.96. The summed E-state index contributed by atoms with van der Waals surface area (Å²) in [6, 6.07) is 8.61. The molecule has 100 valence electrons. The number of hydrogen-bond acceptors (Lipinski definition) is 2. The third-order valence-corrected chi connectivity index (χ3v) is 4.02. The smallest absolute Gasteiger partial charge is 0.0535 e. The van der Waals surface area contributed by atoms with Gasteiger partial charge in [-0.1, -0.05) is 23.7 Å². The van der Waals surface area contributed by atoms with Gasteiger partial charge in [-0.05, 0) is 43.4 Å². The first-order chi connectivity index (χ1) is 9.24. The highest BCUT2D eigenvalue weighted by atomic mass is 35.5. The second kappa shape index (κ2) is 5.35. The Kier molecular flexibility index (Phi) is 3.58. The number of halogens is 1. The first kappa shape index (κ1) is 12.7. The van der Waals surface area contributed by atoms with E-state index in [-0.39, 0.29) is 0 Å². The van der Waals surface area contributed by atoms with Gasteiger partial charge in [0.2, 0.25) is 0 Å². The zero-order valence-electron chi connectivity index (χ0n) is 11.0. The van der Waals surface area contributed by atoms with E-state index in [2.05, 4.69) is 34.6 Å². The number of nitrogens with zero attached hydrogens (tertiary/aromatic N) is 1. The quantitative estimate of drug-likeness (QED) is 0.875. The lowest BCUT2D eigenvalue weighted by atomic mass is 10.0. The van der Waals surface area contributed by atoms with Gasteiger partial charge in [0.05, 0.1) is 6.20 Å². The van der Waals surface area contributed by atoms with E-state index in [9.17, 15) is 0 Å². The number of nitrogens with one attached hydrogen (secondary N) is 2. The lowest BCUT2D eigenvalue weighted by Gasteiger charge is -2.18. The molecular weight excluding hydrogens is 258 g/mol. The molecule has 0 aliphatic heterocycles. The molecule has 3 rings (SSSR count). The molecule has 1 aromatic heterocycles. The highest BCUT2D eigenvalue weighted by Crippen LogP contribution is 2.41. The predicted octanol–water partition coefficient (Wildman–Crippen LogP) is 3.61. The number of aromatic amines is 1. The van der Waals surface area contributed by atoms with Gasteiger partial charge in [0.25, 0.3) is 0 Å². The normalized spacial score (nSPS) is 16.5. The summed E-state index contributed by atoms with van der Waals surface area (Å²) in [6.07, 6.45) is 4.52. The van der Waals surface area contributed by atoms with E-state index >= 15 is 0 Å². The summed E-state index contributed by atoms with van der Waals surface area (Å²) in [6.45, 7) is 2.91. The molecule has 0 radical (unpaired) electrons. The molecule has 1 aliphatic carbocycles. The Balaban J connectivity index is 1.71. The SMILES string of the molecule is Cc1[nH]ncc1CNC(c1ccc(Cl)cc1)C1CC1. The van der Waals surface area contributed by atoms with E-state index in [0.717, 1.165) is 23.2 Å². The molecule has 1 aromatic carbocycles. The van der Waals surface area contributed by atoms with Crippen LogP contribution in [0.1, 0.15) is 35.7 Å². The van der Waals surface area contributed by atoms with Gasteiger partial charge in [0.1, 0.15) is 0 Å². The van der Waals surface area contributed by atoms with Crippen LogP contribution < -0.4 is 5.32 Å². The molecule has 1 saturated carbocycles. The third kappa shape index (κ3) is 2.99. The first-order valence-corrected chi connectivity index (χ1v) is 7.09. The van der Waals surface area contributed by atoms with Crippen molar-refractivity contribution in [2.75, 3.05) is 0 Å². The fourth-order valence-corrected chi connectivity index (χ4v) is 2.56. The van der Waals surface area contributed by atoms with E-state index in [1.165, 1.54) is 24.0 Å². The standard InChI is InChI=1S/C15H18ClN3/c1-10-13(9-18-19-10)8-17-15(11-2-3-11)12-4-6-14(16)7-5-12/h4-7,9,11,15,17H,2-3,8H2,1H3,(H,18,19). The van der Waals surface area contributed by atoms with Crippen LogP contribution in [0.4, 0.5) is 0 Å². The average Bonchev–Trinajstić information content (AvgIpc) is 3.16. The van der Waals surface area contributed by atoms with E-state index in [1.807, 2.05) is 18.3 Å². The lowest BCUT2D eigenvalue weighted by Crippen LogP contribution is -2.22. The molecule has 4 heteroatoms. The fourth-order valence-electron chi connectivity index (χ4n) is 2.43. The molecule has 0 amide bonds. The van der Waals surface area contributed by atoms with Gasteiger partial charge < -0.3 is 5.32 Å². The van der Waals surface area contributed by atoms with Crippen LogP contribution in [0, 0.1) is 12.8 Å². The van der Waals surface area contributed by atoms with E-state index in [1.54, 1.807) is 0 Å². The van der Waals surface area contributed by atoms with E-state index in [4.69, 9.17) is 11.6 Å². The Morgan fingerprint density at radius 1 is 1.37 bits per heavy atom. The minimum absolute atomic E-state index is 0.423. The third-order valence-electron chi connectivity index (χ3n) is 3.77. The van der Waals surface area contributed by atoms with Crippen LogP contribution >= 0.6 is 11.6 Å². The average molecular weight is 276 g/mol. The summed E-state index contributed by atoms with van der Waals surface area (Å²) in [5, 5.41) is 11.5. The summed E-state index contributed by atoms with van der Waals surface area (Å²) >= 11 is 5.96. The topological polar surface area (TPSA) is 40.7 Å². The van der Waals surface area contributed by atoms with Gasteiger partial charge in [0, 0.05) is 28.9 Å². The number of benzene rings is 1. The monoisotopic (exact) mass is 275 g/mol. The number of aromatic nitrogens is 2. The van der Waals surface area contributed by atoms with Crippen molar-refractivity contribution in [3.05, 3.63) is 52.3 Å². The maximum absolute atomic E-state index is 5.96. The van der Waals surface area contributed by atoms with Crippen molar-refractivity contribution in [2.24, 2.45) is 5.92 Å². The highest BCUT2D eigenvalue weighted by molar-refractivity contribution is 6.30. The van der Waals surface area contributed by atoms with Crippen molar-refractivity contribution < 1.29 is 0 Å². The van der Waals surface area contributed by atoms with Crippen LogP contribution in [0.25, 0.3) is 0 Å². The van der Waals surface area contributed by atoms with Crippen molar-refractivity contribution in [3.8, 4) is 0 Å². The van der Waals surface area contributed by atoms with Crippen LogP contribution in [0.3, 0.4) is 0 Å². The molecular formula is C15H18ClN3. The zero-order valence-corrected chi connectivity index (χ0v) is 11.7. The summed E-state index contributed by atoms with van der Waals surface area (Å²) < 4.78 is 0. The van der Waals surface area contributed by atoms with Gasteiger partial charge in [0.15, 0.2) is 0 Å². The Morgan fingerprint density at radius 2 is 2.11 bits per heavy atom. The summed E-state index contributed by atoms with van der Waals surface area (Å²) in [7, 11) is 0. The van der Waals surface area contributed by atoms with Gasteiger partial charge in [-0.15, -0.1) is 0 Å². The molecule has 0 bridgehead atoms. The molecule has 19 heavy (non-hydrogen) atoms. The molecule has 2 aromatic rings. The molecule has 1 fully saturated rings. The zero-order chi connectivity index (χ0) is 13.2. The number of aryl methyl sites for hydroxylation is 1. The molecule has 3 nitrogen and oxygen atoms in total. The Hall–Kier alpha value is -1.32. The number of rotatable bonds is 5. The van der Waals surface area contributed by atoms with Crippen molar-refractivity contribution in [1.82, 2.24) is 15.5 Å². The molecule has 1 unspecified atom stereocenters. The van der Waals surface area contributed by atoms with Crippen molar-refractivity contribution in [1.29, 1.82) is 0 Å². The van der Waals surface area contributed by atoms with E-state index in [0.29, 0.717) is 6.04 Å². The minimum atomic E-state index is 0.423. The lowest BCUT2D eigenvalue weighted by molar-refractivity contribution is 0.480. The largest absolute Gasteiger partial charge is 0.305 e. The van der Waals surface area contributed by atoms with Crippen LogP contribution in [0.2, 0.25) is 5.02 Å². The molecule has 0 spiro atoms. The van der Waals surface area contributed by atoms with Crippen molar-refractivity contribution in [3.63, 3.8) is 0 Å². The van der Waals surface area contributed by atoms with Crippen molar-refractivity contribution in [2.45, 2.75) is 32.4 Å². The highest BCUT2D eigenvalue weighted by Gasteiger charge is 2.31. The van der Waals surface area contributed by atoms with Crippen LogP contribution in [-0.2, 0) is 6.54 Å². The Morgan fingerprint density at radius 3 is 2.68 bits per heavy atom. The molecule has 1 atom stereocenters. The number of hydrogen-bond donors (Lipinski definition) is 2. The Labute approximate surface area is 118 Å². The van der Waals surface area contributed by atoms with Crippen LogP contribution in [0.5, 0.6) is 0 Å². The van der Waals surface area contributed by atoms with Gasteiger partial charge in [-0.3, -0.25) is 5.10 Å². The molecule has 2 N–H and O–H groups in total. The van der Waals surface area contributed by atoms with Gasteiger partial charge in [-0.2, -0.15) is 5.10 Å². The first-order valence-electron chi connectivity index (χ1n) is 6.72. The van der Waals surface area contributed by atoms with Gasteiger partial charge in [-0.25, -0.2) is 0 Å². The molecule has 1 aliphatic rings. The molecule has 1 heterocycles. The summed E-state index contributed by atoms with van der Waals surface area (Å²) in [5.41, 5.74) is 3.70. The van der Waals surface area contributed by atoms with E-state index < -0.39 is 0 Å².